The van der Waals surface area contributed by atoms with E-state index in [2.05, 4.69) is 9.97 Å². The fourth-order valence-corrected chi connectivity index (χ4v) is 2.52. The first-order chi connectivity index (χ1) is 9.43. The maximum absolute atomic E-state index is 12.4. The number of amides is 1. The highest BCUT2D eigenvalue weighted by Gasteiger charge is 2.40. The molecule has 0 saturated carbocycles. The molecule has 0 bridgehead atoms. The number of hydrogen-bond acceptors (Lipinski definition) is 6. The molecule has 2 atom stereocenters. The van der Waals surface area contributed by atoms with Crippen molar-refractivity contribution >= 4 is 35.2 Å². The van der Waals surface area contributed by atoms with Gasteiger partial charge in [0.15, 0.2) is 10.9 Å². The van der Waals surface area contributed by atoms with Crippen LogP contribution in [-0.2, 0) is 4.79 Å². The van der Waals surface area contributed by atoms with Gasteiger partial charge in [-0.25, -0.2) is 14.8 Å². The molecule has 1 fully saturated rings. The van der Waals surface area contributed by atoms with E-state index >= 15 is 0 Å². The zero-order chi connectivity index (χ0) is 14.9. The number of aromatic nitrogens is 2. The number of halogens is 1. The number of rotatable bonds is 3. The minimum atomic E-state index is -1.16. The second-order valence-corrected chi connectivity index (χ2v) is 5.43. The van der Waals surface area contributed by atoms with Gasteiger partial charge in [-0.2, -0.15) is 0 Å². The van der Waals surface area contributed by atoms with Gasteiger partial charge in [0.1, 0.15) is 6.04 Å². The summed E-state index contributed by atoms with van der Waals surface area (Å²) in [4.78, 5) is 32.5. The molecule has 0 spiro atoms. The lowest BCUT2D eigenvalue weighted by Gasteiger charge is -2.21. The van der Waals surface area contributed by atoms with Crippen molar-refractivity contribution in [1.29, 1.82) is 0 Å². The topological polar surface area (TPSA) is 104 Å². The van der Waals surface area contributed by atoms with Crippen LogP contribution in [0, 0.1) is 0 Å². The van der Waals surface area contributed by atoms with Crippen molar-refractivity contribution in [2.75, 3.05) is 12.8 Å². The van der Waals surface area contributed by atoms with Gasteiger partial charge < -0.3 is 15.1 Å². The standard InChI is InChI=1S/C11H12ClN3O4S/c1-20-11-13-3-6(12)8(14-11)9(17)15-4-5(16)2-7(15)10(18)19/h3,5,7,16H,2,4H2,1H3,(H,18,19). The normalized spacial score (nSPS) is 22.1. The zero-order valence-electron chi connectivity index (χ0n) is 10.5. The van der Waals surface area contributed by atoms with E-state index in [0.717, 1.165) is 4.90 Å². The fourth-order valence-electron chi connectivity index (χ4n) is 2.01. The fraction of sp³-hybridized carbons (Fsp3) is 0.455. The van der Waals surface area contributed by atoms with Crippen LogP contribution in [0.2, 0.25) is 5.02 Å². The number of aliphatic hydroxyl groups excluding tert-OH is 1. The van der Waals surface area contributed by atoms with Gasteiger partial charge in [0.25, 0.3) is 5.91 Å². The van der Waals surface area contributed by atoms with Crippen molar-refractivity contribution in [2.45, 2.75) is 23.7 Å². The van der Waals surface area contributed by atoms with Crippen molar-refractivity contribution in [3.63, 3.8) is 0 Å². The Morgan fingerprint density at radius 2 is 2.25 bits per heavy atom. The lowest BCUT2D eigenvalue weighted by Crippen LogP contribution is -2.41. The van der Waals surface area contributed by atoms with E-state index in [1.54, 1.807) is 6.26 Å². The summed E-state index contributed by atoms with van der Waals surface area (Å²) in [5.41, 5.74) is -0.0497. The maximum atomic E-state index is 12.4. The molecule has 9 heteroatoms. The lowest BCUT2D eigenvalue weighted by atomic mass is 10.2. The molecule has 1 aliphatic heterocycles. The van der Waals surface area contributed by atoms with Crippen molar-refractivity contribution in [1.82, 2.24) is 14.9 Å². The molecule has 108 valence electrons. The van der Waals surface area contributed by atoms with Gasteiger partial charge in [0.2, 0.25) is 0 Å². The number of carbonyl (C=O) groups excluding carboxylic acids is 1. The number of carboxylic acid groups (broad SMARTS) is 1. The molecular weight excluding hydrogens is 306 g/mol. The van der Waals surface area contributed by atoms with Gasteiger partial charge >= 0.3 is 5.97 Å². The summed E-state index contributed by atoms with van der Waals surface area (Å²) in [6.07, 6.45) is 2.19. The molecule has 0 aromatic carbocycles. The van der Waals surface area contributed by atoms with Crippen LogP contribution >= 0.6 is 23.4 Å². The van der Waals surface area contributed by atoms with Crippen molar-refractivity contribution in [2.24, 2.45) is 0 Å². The third kappa shape index (κ3) is 2.87. The first kappa shape index (κ1) is 15.0. The molecule has 2 heterocycles. The summed E-state index contributed by atoms with van der Waals surface area (Å²) >= 11 is 7.14. The highest BCUT2D eigenvalue weighted by atomic mass is 35.5. The minimum absolute atomic E-state index is 0.000832. The van der Waals surface area contributed by atoms with E-state index < -0.39 is 24.0 Å². The number of aliphatic hydroxyl groups is 1. The van der Waals surface area contributed by atoms with Crippen molar-refractivity contribution in [3.8, 4) is 0 Å². The van der Waals surface area contributed by atoms with Crippen LogP contribution in [-0.4, -0.2) is 61.9 Å². The number of carboxylic acids is 1. The predicted molar refractivity (Wildman–Crippen MR) is 71.9 cm³/mol. The highest BCUT2D eigenvalue weighted by Crippen LogP contribution is 2.24. The highest BCUT2D eigenvalue weighted by molar-refractivity contribution is 7.98. The summed E-state index contributed by atoms with van der Waals surface area (Å²) in [6, 6.07) is -1.07. The second kappa shape index (κ2) is 5.94. The number of aliphatic carboxylic acids is 1. The number of likely N-dealkylation sites (tertiary alicyclic amines) is 1. The number of β-amino-alcohol motifs (C(OH)–C–C–N with tert-alkyl or cyclic N) is 1. The molecule has 1 aromatic heterocycles. The van der Waals surface area contributed by atoms with Crippen LogP contribution in [0.4, 0.5) is 0 Å². The summed E-state index contributed by atoms with van der Waals surface area (Å²) in [5.74, 6) is -1.78. The largest absolute Gasteiger partial charge is 0.480 e. The van der Waals surface area contributed by atoms with Gasteiger partial charge in [-0.15, -0.1) is 0 Å². The molecule has 0 aliphatic carbocycles. The Morgan fingerprint density at radius 1 is 1.55 bits per heavy atom. The summed E-state index contributed by atoms with van der Waals surface area (Å²) in [6.45, 7) is -0.0509. The van der Waals surface area contributed by atoms with E-state index in [1.165, 1.54) is 18.0 Å². The lowest BCUT2D eigenvalue weighted by molar-refractivity contribution is -0.141. The van der Waals surface area contributed by atoms with Crippen LogP contribution in [0.1, 0.15) is 16.9 Å². The van der Waals surface area contributed by atoms with Gasteiger partial charge in [0.05, 0.1) is 17.3 Å². The minimum Gasteiger partial charge on any atom is -0.480 e. The molecule has 1 saturated heterocycles. The third-order valence-corrected chi connectivity index (χ3v) is 3.77. The SMILES string of the molecule is CSc1ncc(Cl)c(C(=O)N2CC(O)CC2C(=O)O)n1. The Bertz CT molecular complexity index is 556. The van der Waals surface area contributed by atoms with Gasteiger partial charge in [-0.1, -0.05) is 23.4 Å². The third-order valence-electron chi connectivity index (χ3n) is 2.93. The first-order valence-electron chi connectivity index (χ1n) is 5.72. The monoisotopic (exact) mass is 317 g/mol. The second-order valence-electron chi connectivity index (χ2n) is 4.25. The summed E-state index contributed by atoms with van der Waals surface area (Å²) < 4.78 is 0. The Hall–Kier alpha value is -1.38. The molecular formula is C11H12ClN3O4S. The van der Waals surface area contributed by atoms with Gasteiger partial charge in [-0.05, 0) is 6.26 Å². The summed E-state index contributed by atoms with van der Waals surface area (Å²) in [7, 11) is 0. The Balaban J connectivity index is 2.33. The Morgan fingerprint density at radius 3 is 2.85 bits per heavy atom. The molecule has 7 nitrogen and oxygen atoms in total. The van der Waals surface area contributed by atoms with E-state index in [0.29, 0.717) is 5.16 Å². The van der Waals surface area contributed by atoms with Gasteiger partial charge in [0, 0.05) is 13.0 Å². The predicted octanol–water partition coefficient (Wildman–Crippen LogP) is 0.512. The molecule has 0 radical (unpaired) electrons. The Kier molecular flexibility index (Phi) is 4.46. The average molecular weight is 318 g/mol. The maximum Gasteiger partial charge on any atom is 0.326 e. The smallest absolute Gasteiger partial charge is 0.326 e. The number of thioether (sulfide) groups is 1. The molecule has 2 N–H and O–H groups in total. The zero-order valence-corrected chi connectivity index (χ0v) is 12.1. The molecule has 2 unspecified atom stereocenters. The average Bonchev–Trinajstić information content (AvgIpc) is 2.81. The van der Waals surface area contributed by atoms with E-state index in [9.17, 15) is 14.7 Å². The molecule has 2 rings (SSSR count). The van der Waals surface area contributed by atoms with Crippen molar-refractivity contribution < 1.29 is 19.8 Å². The number of carbonyl (C=O) groups is 2. The van der Waals surface area contributed by atoms with Gasteiger partial charge in [-0.3, -0.25) is 4.79 Å². The molecule has 1 aliphatic rings. The van der Waals surface area contributed by atoms with Crippen LogP contribution in [0.5, 0.6) is 0 Å². The van der Waals surface area contributed by atoms with Crippen LogP contribution in [0.3, 0.4) is 0 Å². The van der Waals surface area contributed by atoms with E-state index in [4.69, 9.17) is 16.7 Å². The van der Waals surface area contributed by atoms with Crippen LogP contribution < -0.4 is 0 Å². The van der Waals surface area contributed by atoms with E-state index in [-0.39, 0.29) is 23.7 Å². The number of hydrogen-bond donors (Lipinski definition) is 2. The molecule has 1 amide bonds. The van der Waals surface area contributed by atoms with Crippen molar-refractivity contribution in [3.05, 3.63) is 16.9 Å². The quantitative estimate of drug-likeness (QED) is 0.618. The molecule has 20 heavy (non-hydrogen) atoms. The summed E-state index contributed by atoms with van der Waals surface area (Å²) in [5, 5.41) is 19.1. The van der Waals surface area contributed by atoms with E-state index in [1.807, 2.05) is 0 Å². The Labute approximate surface area is 124 Å². The van der Waals surface area contributed by atoms with Crippen LogP contribution in [0.25, 0.3) is 0 Å². The molecule has 1 aromatic rings. The number of nitrogens with zero attached hydrogens (tertiary/aromatic N) is 3. The van der Waals surface area contributed by atoms with Crippen LogP contribution in [0.15, 0.2) is 11.4 Å². The first-order valence-corrected chi connectivity index (χ1v) is 7.32.